The molecule has 1 spiro atoms. The Balaban J connectivity index is 0.00000468. The number of rotatable bonds is 22. The summed E-state index contributed by atoms with van der Waals surface area (Å²) in [4.78, 5) is 28.9. The van der Waals surface area contributed by atoms with Crippen LogP contribution in [-0.2, 0) is 110 Å². The number of esters is 1. The third-order valence-corrected chi connectivity index (χ3v) is 23.5. The van der Waals surface area contributed by atoms with Gasteiger partial charge in [-0.2, -0.15) is 0 Å². The maximum Gasteiger partial charge on any atom is 1.00 e. The van der Waals surface area contributed by atoms with E-state index < -0.39 is 238 Å². The van der Waals surface area contributed by atoms with Gasteiger partial charge in [0.1, 0.15) is 115 Å². The van der Waals surface area contributed by atoms with Crippen molar-refractivity contribution in [3.63, 3.8) is 0 Å². The number of ether oxygens (including phenoxy) is 12. The zero-order valence-corrected chi connectivity index (χ0v) is 66.0. The molecule has 9 fully saturated rings. The van der Waals surface area contributed by atoms with Gasteiger partial charge in [-0.25, -0.2) is 25.3 Å². The molecule has 6 aliphatic heterocycles. The molecule has 3 saturated carbocycles. The van der Waals surface area contributed by atoms with Gasteiger partial charge in [0.25, 0.3) is 0 Å². The average molecular weight is 1520 g/mol. The van der Waals surface area contributed by atoms with E-state index in [1.807, 2.05) is 41.5 Å². The van der Waals surface area contributed by atoms with Crippen molar-refractivity contribution in [1.29, 1.82) is 0 Å². The first kappa shape index (κ1) is 87.7. The average Bonchev–Trinajstić information content (AvgIpc) is 1.47. The van der Waals surface area contributed by atoms with Crippen LogP contribution in [0.15, 0.2) is 23.3 Å². The molecule has 6 saturated heterocycles. The Labute approximate surface area is 645 Å². The van der Waals surface area contributed by atoms with Gasteiger partial charge in [-0.3, -0.25) is 22.1 Å². The molecule has 0 amide bonds. The van der Waals surface area contributed by atoms with E-state index in [9.17, 15) is 94.5 Å². The zero-order valence-electron chi connectivity index (χ0n) is 57.6. The van der Waals surface area contributed by atoms with Gasteiger partial charge in [-0.15, -0.1) is 0 Å². The van der Waals surface area contributed by atoms with Crippen molar-refractivity contribution < 1.29 is 253 Å². The zero-order chi connectivity index (χ0) is 71.4. The molecular weight excluding hydrogens is 1430 g/mol. The van der Waals surface area contributed by atoms with Crippen LogP contribution in [-0.4, -0.2) is 283 Å². The van der Waals surface area contributed by atoms with Crippen LogP contribution < -0.4 is 88.7 Å². The van der Waals surface area contributed by atoms with Gasteiger partial charge >= 0.3 is 94.6 Å². The minimum Gasteiger partial charge on any atom is -0.726 e. The Kier molecular flexibility index (Phi) is 29.1. The van der Waals surface area contributed by atoms with Crippen LogP contribution in [0.5, 0.6) is 0 Å². The van der Waals surface area contributed by atoms with Gasteiger partial charge in [0, 0.05) is 18.9 Å². The summed E-state index contributed by atoms with van der Waals surface area (Å²) in [6.07, 6.45) is -39.6. The molecule has 6 heterocycles. The fourth-order valence-electron chi connectivity index (χ4n) is 17.4. The van der Waals surface area contributed by atoms with Crippen molar-refractivity contribution in [2.75, 3.05) is 33.5 Å². The Morgan fingerprint density at radius 3 is 1.75 bits per heavy atom. The normalized spacial score (nSPS) is 46.4. The first-order valence-electron chi connectivity index (χ1n) is 32.1. The van der Waals surface area contributed by atoms with Gasteiger partial charge in [0.15, 0.2) is 31.5 Å². The van der Waals surface area contributed by atoms with Gasteiger partial charge in [-0.05, 0) is 95.3 Å². The maximum atomic E-state index is 14.5. The summed E-state index contributed by atoms with van der Waals surface area (Å²) in [5.74, 6) is -1.22. The van der Waals surface area contributed by atoms with Crippen molar-refractivity contribution in [2.24, 2.45) is 39.4 Å². The minimum atomic E-state index is -5.60. The smallest absolute Gasteiger partial charge is 0.726 e. The van der Waals surface area contributed by atoms with Crippen LogP contribution in [0.2, 0.25) is 0 Å². The van der Waals surface area contributed by atoms with E-state index in [1.165, 1.54) is 6.92 Å². The summed E-state index contributed by atoms with van der Waals surface area (Å²) >= 11 is 0. The second kappa shape index (κ2) is 33.2. The summed E-state index contributed by atoms with van der Waals surface area (Å²) in [6.45, 7) is 11.3. The first-order chi connectivity index (χ1) is 45.0. The number of methoxy groups -OCH3 is 1. The van der Waals surface area contributed by atoms with Crippen LogP contribution in [0.4, 0.5) is 0 Å². The summed E-state index contributed by atoms with van der Waals surface area (Å²) in [7, 11) is -15.6. The van der Waals surface area contributed by atoms with Crippen LogP contribution in [0.1, 0.15) is 107 Å². The van der Waals surface area contributed by atoms with Crippen LogP contribution >= 0.6 is 0 Å². The van der Waals surface area contributed by atoms with Crippen molar-refractivity contribution >= 4 is 42.9 Å². The van der Waals surface area contributed by atoms with Crippen molar-refractivity contribution in [3.05, 3.63) is 23.3 Å². The molecule has 0 bridgehead atoms. The Hall–Kier alpha value is 0.430. The number of hydrogen-bond donors (Lipinski definition) is 9. The van der Waals surface area contributed by atoms with Crippen LogP contribution in [0, 0.1) is 39.4 Å². The number of aliphatic hydroxyl groups is 9. The second-order valence-corrected chi connectivity index (χ2v) is 31.8. The molecule has 41 heteroatoms. The Bertz CT molecular complexity index is 3280. The van der Waals surface area contributed by atoms with E-state index in [1.54, 1.807) is 0 Å². The molecule has 9 N–H and O–H groups in total. The number of ketones is 1. The molecular formula is C59H89Na3O35S3. The SMILES string of the molecule is CO[C@@H]1[C@@H](O)[C@H](O[C@@H]2[C@@H](O)[C@H](O[C@H]3[C@H](O)[C@@H](O[C@@H]4OC[C@@H](O)[C@H](O)[C@H]4O)[C@H](O[C@H]4[C@H](O[C@H]5CC[C@]6(C)[C@@H]7CC[C@]89C(=O)O[C@@](C)(CCC=C(C)C)[C@H]8C(=O)C[C@@]9(C)C7=CC[C@H]6C5(C)C)OC[C@@H](OS(=O)(=O)[O-])[C@@H]4O)O[C@@H]3C)O[C@H](COS(=O)(=O)[O-])[C@H]2O)O[C@H](COS(=O)(=O)[O-])[C@H]1O.[Na+].[Na+].[Na+]. The van der Waals surface area contributed by atoms with E-state index in [0.29, 0.717) is 44.9 Å². The third kappa shape index (κ3) is 17.3. The predicted octanol–water partition coefficient (Wildman–Crippen LogP) is -12.3. The number of carbonyl (C=O) groups is 2. The number of aliphatic hydroxyl groups excluding tert-OH is 9. The van der Waals surface area contributed by atoms with E-state index >= 15 is 0 Å². The molecule has 0 unspecified atom stereocenters. The summed E-state index contributed by atoms with van der Waals surface area (Å²) in [6, 6.07) is 0. The first-order valence-corrected chi connectivity index (χ1v) is 36.1. The van der Waals surface area contributed by atoms with Crippen molar-refractivity contribution in [2.45, 2.75) is 260 Å². The quantitative estimate of drug-likeness (QED) is 0.0160. The van der Waals surface area contributed by atoms with Gasteiger partial charge < -0.3 is 116 Å². The number of carbonyl (C=O) groups excluding carboxylic acids is 2. The van der Waals surface area contributed by atoms with Crippen molar-refractivity contribution in [1.82, 2.24) is 0 Å². The number of cyclic esters (lactones) is 1. The largest absolute Gasteiger partial charge is 1.00 e. The maximum absolute atomic E-state index is 14.5. The predicted molar refractivity (Wildman–Crippen MR) is 313 cm³/mol. The molecule has 0 radical (unpaired) electrons. The summed E-state index contributed by atoms with van der Waals surface area (Å²) in [5, 5.41) is 102. The molecule has 0 aromatic carbocycles. The fraction of sp³-hybridized carbons (Fsp3) is 0.898. The van der Waals surface area contributed by atoms with Crippen LogP contribution in [0.3, 0.4) is 0 Å². The van der Waals surface area contributed by atoms with Gasteiger partial charge in [0.05, 0.1) is 50.0 Å². The van der Waals surface area contributed by atoms with Gasteiger partial charge in [-0.1, -0.05) is 51.0 Å². The molecule has 10 aliphatic rings. The minimum absolute atomic E-state index is 0. The van der Waals surface area contributed by atoms with Gasteiger partial charge in [0.2, 0.25) is 31.2 Å². The summed E-state index contributed by atoms with van der Waals surface area (Å²) in [5.41, 5.74) is -1.96. The van der Waals surface area contributed by atoms with Crippen molar-refractivity contribution in [3.8, 4) is 0 Å². The van der Waals surface area contributed by atoms with E-state index in [0.717, 1.165) is 18.3 Å². The topological polar surface area (TPSA) is 526 Å². The third-order valence-electron chi connectivity index (χ3n) is 22.1. The molecule has 556 valence electrons. The number of fused-ring (bicyclic) bond motifs is 4. The molecule has 100 heavy (non-hydrogen) atoms. The van der Waals surface area contributed by atoms with E-state index in [-0.39, 0.29) is 119 Å². The standard InChI is InChI=1S/C59H92O35S3.3Na/c1-24(2)11-10-16-58(8)48-28(60)19-57(7)27-12-13-33-55(4,5)34(15-17-56(33,6)26(27)14-18-59(48,57)54(70)93-58)88-52-46(38(65)32(21-82-52)94-97(77,78)79)92-53-47(91-49-39(66)35(62)29(61)20-81-49)40(67)43(25(3)85-53)89-51-42(69)45(37(64)31(87-51)23-84-96(74,75)76)90-50-41(68)44(80-9)36(63)30(86-50)22-83-95(71,72)73;;;/h11-12,25-26,29-53,61-69H,10,13-23H2,1-9H3,(H,71,72,73)(H,74,75,76)(H,77,78,79);;;/q;3*+1/p-3/t25-,26-,29-,30-,31-,32-,33+,34+,35+,36-,37-,38+,39-,40+,41-,42-,43-,44+,45+,46-,47-,48-,49+,50+,51+,52+,53+,56-,57+,58+,59-;;;/m1.../s1. The van der Waals surface area contributed by atoms with E-state index in [4.69, 9.17) is 61.0 Å². The van der Waals surface area contributed by atoms with Crippen LogP contribution in [0.25, 0.3) is 0 Å². The second-order valence-electron chi connectivity index (χ2n) is 28.7. The molecule has 0 aromatic heterocycles. The molecule has 10 rings (SSSR count). The monoisotopic (exact) mass is 1520 g/mol. The number of Topliss-reactive ketones (excluding diaryl/α,β-unsaturated/α-hetero) is 1. The Morgan fingerprint density at radius 2 is 1.17 bits per heavy atom. The fourth-order valence-corrected chi connectivity index (χ4v) is 18.5. The summed E-state index contributed by atoms with van der Waals surface area (Å²) < 4.78 is 191. The van der Waals surface area contributed by atoms with E-state index in [2.05, 4.69) is 27.4 Å². The molecule has 0 aromatic rings. The number of hydrogen-bond acceptors (Lipinski definition) is 35. The molecule has 35 nitrogen and oxygen atoms in total. The number of allylic oxidation sites excluding steroid dienone is 4. The molecule has 4 aliphatic carbocycles. The molecule has 31 atom stereocenters. The Morgan fingerprint density at radius 1 is 0.620 bits per heavy atom.